The first-order chi connectivity index (χ1) is 15.6. The topological polar surface area (TPSA) is 37.3 Å². The van der Waals surface area contributed by atoms with Gasteiger partial charge in [-0.15, -0.1) is 0 Å². The predicted molar refractivity (Wildman–Crippen MR) is 136 cm³/mol. The second kappa shape index (κ2) is 9.08. The van der Waals surface area contributed by atoms with E-state index in [-0.39, 0.29) is 11.8 Å². The molecular weight excluding hydrogens is 462 g/mol. The number of hydrogen-bond acceptors (Lipinski definition) is 2. The molecule has 0 aliphatic carbocycles. The summed E-state index contributed by atoms with van der Waals surface area (Å²) < 4.78 is 3.43. The van der Waals surface area contributed by atoms with Crippen molar-refractivity contribution >= 4 is 49.3 Å². The minimum Gasteiger partial charge on any atom is -0.341 e. The summed E-state index contributed by atoms with van der Waals surface area (Å²) in [6, 6.07) is 23.2. The van der Waals surface area contributed by atoms with Crippen molar-refractivity contribution < 1.29 is 4.79 Å². The van der Waals surface area contributed by atoms with E-state index in [1.165, 1.54) is 27.4 Å². The molecule has 0 radical (unpaired) electrons. The Morgan fingerprint density at radius 1 is 1.03 bits per heavy atom. The van der Waals surface area contributed by atoms with E-state index < -0.39 is 0 Å². The molecule has 1 aliphatic heterocycles. The highest BCUT2D eigenvalue weighted by Crippen LogP contribution is 2.31. The Balaban J connectivity index is 1.32. The number of rotatable bonds is 5. The molecule has 4 nitrogen and oxygen atoms in total. The van der Waals surface area contributed by atoms with Gasteiger partial charge in [0.15, 0.2) is 0 Å². The number of aryl methyl sites for hydroxylation is 1. The van der Waals surface area contributed by atoms with E-state index in [0.29, 0.717) is 0 Å². The standard InChI is InChI=1S/C27H28BrN3O/c1-2-31-25-11-4-3-10-23(25)24-16-22(12-13-26(24)31)29-27(32)20-8-6-14-30(18-20)17-19-7-5-9-21(28)15-19/h3-5,7,9-13,15-16,20H,2,6,8,14,17-18H2,1H3,(H,29,32). The van der Waals surface area contributed by atoms with E-state index >= 15 is 0 Å². The molecule has 2 heterocycles. The lowest BCUT2D eigenvalue weighted by molar-refractivity contribution is -0.121. The van der Waals surface area contributed by atoms with Crippen LogP contribution < -0.4 is 5.32 Å². The maximum Gasteiger partial charge on any atom is 0.228 e. The van der Waals surface area contributed by atoms with Gasteiger partial charge in [0.1, 0.15) is 0 Å². The minimum absolute atomic E-state index is 0.0172. The highest BCUT2D eigenvalue weighted by molar-refractivity contribution is 9.10. The van der Waals surface area contributed by atoms with Crippen LogP contribution in [0.1, 0.15) is 25.3 Å². The molecule has 1 saturated heterocycles. The van der Waals surface area contributed by atoms with Gasteiger partial charge in [-0.25, -0.2) is 0 Å². The van der Waals surface area contributed by atoms with Crippen LogP contribution in [0.3, 0.4) is 0 Å². The molecule has 164 valence electrons. The van der Waals surface area contributed by atoms with Gasteiger partial charge >= 0.3 is 0 Å². The van der Waals surface area contributed by atoms with E-state index in [9.17, 15) is 4.79 Å². The van der Waals surface area contributed by atoms with Crippen LogP contribution in [0.25, 0.3) is 21.8 Å². The molecule has 1 atom stereocenters. The van der Waals surface area contributed by atoms with Crippen molar-refractivity contribution in [3.05, 3.63) is 76.8 Å². The number of halogens is 1. The molecule has 3 aromatic carbocycles. The fourth-order valence-electron chi connectivity index (χ4n) is 5.02. The fourth-order valence-corrected chi connectivity index (χ4v) is 5.47. The van der Waals surface area contributed by atoms with Crippen molar-refractivity contribution in [3.8, 4) is 0 Å². The Morgan fingerprint density at radius 3 is 2.72 bits per heavy atom. The fraction of sp³-hybridized carbons (Fsp3) is 0.296. The first kappa shape index (κ1) is 21.2. The van der Waals surface area contributed by atoms with Crippen LogP contribution in [-0.4, -0.2) is 28.5 Å². The van der Waals surface area contributed by atoms with Crippen LogP contribution in [0.4, 0.5) is 5.69 Å². The zero-order valence-corrected chi connectivity index (χ0v) is 19.9. The number of hydrogen-bond donors (Lipinski definition) is 1. The van der Waals surface area contributed by atoms with Gasteiger partial charge in [-0.2, -0.15) is 0 Å². The smallest absolute Gasteiger partial charge is 0.228 e. The molecule has 0 spiro atoms. The lowest BCUT2D eigenvalue weighted by Crippen LogP contribution is -2.40. The third kappa shape index (κ3) is 4.19. The molecule has 0 saturated carbocycles. The normalized spacial score (nSPS) is 17.1. The lowest BCUT2D eigenvalue weighted by atomic mass is 9.96. The van der Waals surface area contributed by atoms with Gasteiger partial charge in [-0.05, 0) is 68.3 Å². The quantitative estimate of drug-likeness (QED) is 0.350. The van der Waals surface area contributed by atoms with Crippen LogP contribution >= 0.6 is 15.9 Å². The first-order valence-corrected chi connectivity index (χ1v) is 12.2. The number of amides is 1. The molecule has 5 rings (SSSR count). The number of para-hydroxylation sites is 1. The van der Waals surface area contributed by atoms with Gasteiger partial charge in [-0.1, -0.05) is 46.3 Å². The average Bonchev–Trinajstić information content (AvgIpc) is 3.12. The molecule has 1 aliphatic rings. The number of piperidine rings is 1. The van der Waals surface area contributed by atoms with E-state index in [1.54, 1.807) is 0 Å². The monoisotopic (exact) mass is 489 g/mol. The van der Waals surface area contributed by atoms with Gasteiger partial charge in [0.2, 0.25) is 5.91 Å². The summed E-state index contributed by atoms with van der Waals surface area (Å²) in [5.74, 6) is 0.145. The first-order valence-electron chi connectivity index (χ1n) is 11.4. The molecule has 1 amide bonds. The van der Waals surface area contributed by atoms with Gasteiger partial charge in [-0.3, -0.25) is 9.69 Å². The number of nitrogens with zero attached hydrogens (tertiary/aromatic N) is 2. The summed E-state index contributed by atoms with van der Waals surface area (Å²) >= 11 is 3.55. The molecule has 1 aromatic heterocycles. The second-order valence-electron chi connectivity index (χ2n) is 8.69. The number of carbonyl (C=O) groups excluding carboxylic acids is 1. The van der Waals surface area contributed by atoms with Crippen LogP contribution in [-0.2, 0) is 17.9 Å². The molecule has 1 unspecified atom stereocenters. The largest absolute Gasteiger partial charge is 0.341 e. The predicted octanol–water partition coefficient (Wildman–Crippen LogP) is 6.43. The van der Waals surface area contributed by atoms with E-state index in [4.69, 9.17) is 0 Å². The van der Waals surface area contributed by atoms with Gasteiger partial charge in [0.25, 0.3) is 0 Å². The van der Waals surface area contributed by atoms with Crippen LogP contribution in [0, 0.1) is 5.92 Å². The zero-order chi connectivity index (χ0) is 22.1. The highest BCUT2D eigenvalue weighted by Gasteiger charge is 2.26. The minimum atomic E-state index is 0.0172. The molecule has 4 aromatic rings. The van der Waals surface area contributed by atoms with Gasteiger partial charge < -0.3 is 9.88 Å². The highest BCUT2D eigenvalue weighted by atomic mass is 79.9. The summed E-state index contributed by atoms with van der Waals surface area (Å²) in [5, 5.41) is 5.64. The third-order valence-electron chi connectivity index (χ3n) is 6.53. The summed E-state index contributed by atoms with van der Waals surface area (Å²) in [6.07, 6.45) is 1.99. The lowest BCUT2D eigenvalue weighted by Gasteiger charge is -2.32. The van der Waals surface area contributed by atoms with Crippen molar-refractivity contribution in [3.63, 3.8) is 0 Å². The maximum atomic E-state index is 13.1. The third-order valence-corrected chi connectivity index (χ3v) is 7.02. The van der Waals surface area contributed by atoms with Crippen molar-refractivity contribution in [1.29, 1.82) is 0 Å². The molecule has 1 fully saturated rings. The number of likely N-dealkylation sites (tertiary alicyclic amines) is 1. The Labute approximate surface area is 197 Å². The molecule has 1 N–H and O–H groups in total. The van der Waals surface area contributed by atoms with E-state index in [1.807, 2.05) is 12.1 Å². The van der Waals surface area contributed by atoms with E-state index in [2.05, 4.69) is 92.2 Å². The van der Waals surface area contributed by atoms with Crippen molar-refractivity contribution in [2.24, 2.45) is 5.92 Å². The number of aromatic nitrogens is 1. The number of nitrogens with one attached hydrogen (secondary N) is 1. The van der Waals surface area contributed by atoms with Crippen LogP contribution in [0.15, 0.2) is 71.2 Å². The van der Waals surface area contributed by atoms with E-state index in [0.717, 1.165) is 49.2 Å². The second-order valence-corrected chi connectivity index (χ2v) is 9.60. The summed E-state index contributed by atoms with van der Waals surface area (Å²) in [6.45, 7) is 5.82. The SMILES string of the molecule is CCn1c2ccccc2c2cc(NC(=O)C3CCCN(Cc4cccc(Br)c4)C3)ccc21. The molecular formula is C27H28BrN3O. The van der Waals surface area contributed by atoms with Crippen molar-refractivity contribution in [1.82, 2.24) is 9.47 Å². The molecule has 5 heteroatoms. The Morgan fingerprint density at radius 2 is 1.88 bits per heavy atom. The van der Waals surface area contributed by atoms with Crippen molar-refractivity contribution in [2.45, 2.75) is 32.9 Å². The Hall–Kier alpha value is -2.63. The van der Waals surface area contributed by atoms with Crippen LogP contribution in [0.2, 0.25) is 0 Å². The zero-order valence-electron chi connectivity index (χ0n) is 18.4. The number of carbonyl (C=O) groups is 1. The maximum absolute atomic E-state index is 13.1. The number of benzene rings is 3. The summed E-state index contributed by atoms with van der Waals surface area (Å²) in [7, 11) is 0. The molecule has 0 bridgehead atoms. The summed E-state index contributed by atoms with van der Waals surface area (Å²) in [4.78, 5) is 15.5. The Kier molecular flexibility index (Phi) is 6.03. The number of fused-ring (bicyclic) bond motifs is 3. The average molecular weight is 490 g/mol. The Bertz CT molecular complexity index is 1280. The summed E-state index contributed by atoms with van der Waals surface area (Å²) in [5.41, 5.74) is 4.61. The molecule has 32 heavy (non-hydrogen) atoms. The van der Waals surface area contributed by atoms with Crippen molar-refractivity contribution in [2.75, 3.05) is 18.4 Å². The van der Waals surface area contributed by atoms with Gasteiger partial charge in [0.05, 0.1) is 5.92 Å². The van der Waals surface area contributed by atoms with Gasteiger partial charge in [0, 0.05) is 51.6 Å². The number of anilines is 1. The van der Waals surface area contributed by atoms with Crippen LogP contribution in [0.5, 0.6) is 0 Å².